The minimum absolute atomic E-state index is 0.234. The standard InChI is InChI=1S/C13H20O2/c1-3-5-6-10(4-2)12-9-11(14)7-8-13(12)15/h7-10,14-15H,3-6H2,1-2H3. The van der Waals surface area contributed by atoms with Gasteiger partial charge in [0.15, 0.2) is 0 Å². The number of phenolic OH excluding ortho intramolecular Hbond substituents is 2. The smallest absolute Gasteiger partial charge is 0.119 e. The fourth-order valence-corrected chi connectivity index (χ4v) is 1.90. The van der Waals surface area contributed by atoms with Crippen LogP contribution in [-0.4, -0.2) is 10.2 Å². The monoisotopic (exact) mass is 208 g/mol. The predicted octanol–water partition coefficient (Wildman–Crippen LogP) is 3.78. The van der Waals surface area contributed by atoms with Crippen LogP contribution in [0.1, 0.15) is 51.0 Å². The molecule has 0 saturated heterocycles. The Morgan fingerprint density at radius 3 is 2.53 bits per heavy atom. The van der Waals surface area contributed by atoms with Gasteiger partial charge in [-0.25, -0.2) is 0 Å². The van der Waals surface area contributed by atoms with E-state index >= 15 is 0 Å². The summed E-state index contributed by atoms with van der Waals surface area (Å²) in [6.45, 7) is 4.28. The lowest BCUT2D eigenvalue weighted by Gasteiger charge is -2.16. The van der Waals surface area contributed by atoms with E-state index in [2.05, 4.69) is 13.8 Å². The highest BCUT2D eigenvalue weighted by Gasteiger charge is 2.13. The fourth-order valence-electron chi connectivity index (χ4n) is 1.90. The summed E-state index contributed by atoms with van der Waals surface area (Å²) >= 11 is 0. The van der Waals surface area contributed by atoms with Crippen molar-refractivity contribution < 1.29 is 10.2 Å². The van der Waals surface area contributed by atoms with Crippen LogP contribution in [0.2, 0.25) is 0 Å². The van der Waals surface area contributed by atoms with Crippen LogP contribution in [0.4, 0.5) is 0 Å². The second-order valence-electron chi connectivity index (χ2n) is 3.99. The van der Waals surface area contributed by atoms with Gasteiger partial charge in [-0.15, -0.1) is 0 Å². The molecule has 1 aromatic carbocycles. The molecular weight excluding hydrogens is 188 g/mol. The maximum absolute atomic E-state index is 9.72. The van der Waals surface area contributed by atoms with Gasteiger partial charge in [-0.2, -0.15) is 0 Å². The second kappa shape index (κ2) is 5.64. The molecule has 15 heavy (non-hydrogen) atoms. The lowest BCUT2D eigenvalue weighted by Crippen LogP contribution is -1.97. The van der Waals surface area contributed by atoms with Crippen LogP contribution in [-0.2, 0) is 0 Å². The van der Waals surface area contributed by atoms with Crippen molar-refractivity contribution in [3.05, 3.63) is 23.8 Å². The molecular formula is C13H20O2. The van der Waals surface area contributed by atoms with Gasteiger partial charge in [0, 0.05) is 5.56 Å². The summed E-state index contributed by atoms with van der Waals surface area (Å²) in [5, 5.41) is 19.1. The topological polar surface area (TPSA) is 40.5 Å². The molecule has 2 N–H and O–H groups in total. The summed E-state index contributed by atoms with van der Waals surface area (Å²) in [7, 11) is 0. The number of rotatable bonds is 5. The largest absolute Gasteiger partial charge is 0.508 e. The zero-order chi connectivity index (χ0) is 11.3. The summed E-state index contributed by atoms with van der Waals surface area (Å²) in [5.41, 5.74) is 0.881. The minimum Gasteiger partial charge on any atom is -0.508 e. The highest BCUT2D eigenvalue weighted by molar-refractivity contribution is 5.40. The molecule has 0 fully saturated rings. The van der Waals surface area contributed by atoms with E-state index in [9.17, 15) is 10.2 Å². The van der Waals surface area contributed by atoms with Crippen LogP contribution in [0.25, 0.3) is 0 Å². The van der Waals surface area contributed by atoms with Crippen LogP contribution >= 0.6 is 0 Å². The first-order chi connectivity index (χ1) is 7.19. The molecule has 0 bridgehead atoms. The molecule has 0 aliphatic rings. The minimum atomic E-state index is 0.234. The Balaban J connectivity index is 2.85. The van der Waals surface area contributed by atoms with Gasteiger partial charge in [-0.1, -0.05) is 26.7 Å². The molecule has 2 heteroatoms. The molecule has 0 aliphatic carbocycles. The highest BCUT2D eigenvalue weighted by Crippen LogP contribution is 2.34. The molecule has 0 aromatic heterocycles. The van der Waals surface area contributed by atoms with E-state index in [-0.39, 0.29) is 5.75 Å². The maximum atomic E-state index is 9.72. The van der Waals surface area contributed by atoms with Crippen molar-refractivity contribution in [1.82, 2.24) is 0 Å². The molecule has 1 aromatic rings. The Morgan fingerprint density at radius 1 is 1.20 bits per heavy atom. The summed E-state index contributed by atoms with van der Waals surface area (Å²) in [4.78, 5) is 0. The molecule has 0 aliphatic heterocycles. The van der Waals surface area contributed by atoms with Gasteiger partial charge < -0.3 is 10.2 Å². The van der Waals surface area contributed by atoms with E-state index in [1.807, 2.05) is 0 Å². The third-order valence-corrected chi connectivity index (χ3v) is 2.85. The third kappa shape index (κ3) is 3.15. The Morgan fingerprint density at radius 2 is 1.93 bits per heavy atom. The second-order valence-corrected chi connectivity index (χ2v) is 3.99. The van der Waals surface area contributed by atoms with Gasteiger partial charge in [0.1, 0.15) is 11.5 Å². The first kappa shape index (κ1) is 11.9. The van der Waals surface area contributed by atoms with Crippen LogP contribution in [0.15, 0.2) is 18.2 Å². The van der Waals surface area contributed by atoms with E-state index in [1.165, 1.54) is 6.07 Å². The molecule has 1 unspecified atom stereocenters. The Kier molecular flexibility index (Phi) is 4.47. The van der Waals surface area contributed by atoms with Crippen molar-refractivity contribution in [2.45, 2.75) is 45.4 Å². The van der Waals surface area contributed by atoms with Crippen molar-refractivity contribution in [3.63, 3.8) is 0 Å². The molecule has 0 saturated carbocycles. The molecule has 1 rings (SSSR count). The zero-order valence-corrected chi connectivity index (χ0v) is 9.53. The number of phenols is 2. The SMILES string of the molecule is CCCCC(CC)c1cc(O)ccc1O. The molecule has 0 amide bonds. The van der Waals surface area contributed by atoms with Crippen molar-refractivity contribution in [1.29, 1.82) is 0 Å². The number of hydrogen-bond donors (Lipinski definition) is 2. The lowest BCUT2D eigenvalue weighted by atomic mass is 9.90. The highest BCUT2D eigenvalue weighted by atomic mass is 16.3. The van der Waals surface area contributed by atoms with Crippen molar-refractivity contribution in [2.24, 2.45) is 0 Å². The average Bonchev–Trinajstić information content (AvgIpc) is 2.24. The fraction of sp³-hybridized carbons (Fsp3) is 0.538. The summed E-state index contributed by atoms with van der Waals surface area (Å²) in [5.74, 6) is 0.894. The molecule has 0 heterocycles. The van der Waals surface area contributed by atoms with Crippen LogP contribution < -0.4 is 0 Å². The van der Waals surface area contributed by atoms with Gasteiger partial charge in [0.05, 0.1) is 0 Å². The Labute approximate surface area is 91.6 Å². The van der Waals surface area contributed by atoms with Gasteiger partial charge in [-0.05, 0) is 37.0 Å². The number of hydrogen-bond acceptors (Lipinski definition) is 2. The molecule has 0 spiro atoms. The summed E-state index contributed by atoms with van der Waals surface area (Å²) < 4.78 is 0. The van der Waals surface area contributed by atoms with Crippen LogP contribution in [0.3, 0.4) is 0 Å². The normalized spacial score (nSPS) is 12.7. The average molecular weight is 208 g/mol. The van der Waals surface area contributed by atoms with Gasteiger partial charge in [0.25, 0.3) is 0 Å². The molecule has 84 valence electrons. The van der Waals surface area contributed by atoms with Crippen LogP contribution in [0.5, 0.6) is 11.5 Å². The lowest BCUT2D eigenvalue weighted by molar-refractivity contribution is 0.441. The Bertz CT molecular complexity index is 307. The number of aromatic hydroxyl groups is 2. The first-order valence-corrected chi connectivity index (χ1v) is 5.70. The molecule has 1 atom stereocenters. The quantitative estimate of drug-likeness (QED) is 0.723. The molecule has 0 radical (unpaired) electrons. The maximum Gasteiger partial charge on any atom is 0.119 e. The Hall–Kier alpha value is -1.18. The number of unbranched alkanes of at least 4 members (excludes halogenated alkanes) is 1. The van der Waals surface area contributed by atoms with E-state index in [0.29, 0.717) is 11.7 Å². The van der Waals surface area contributed by atoms with E-state index in [0.717, 1.165) is 31.2 Å². The van der Waals surface area contributed by atoms with Crippen molar-refractivity contribution in [2.75, 3.05) is 0 Å². The summed E-state index contributed by atoms with van der Waals surface area (Å²) in [6, 6.07) is 4.77. The van der Waals surface area contributed by atoms with Gasteiger partial charge in [0.2, 0.25) is 0 Å². The van der Waals surface area contributed by atoms with Gasteiger partial charge in [-0.3, -0.25) is 0 Å². The molecule has 2 nitrogen and oxygen atoms in total. The van der Waals surface area contributed by atoms with Crippen LogP contribution in [0, 0.1) is 0 Å². The predicted molar refractivity (Wildman–Crippen MR) is 62.3 cm³/mol. The van der Waals surface area contributed by atoms with Crippen molar-refractivity contribution >= 4 is 0 Å². The third-order valence-electron chi connectivity index (χ3n) is 2.85. The number of benzene rings is 1. The van der Waals surface area contributed by atoms with E-state index in [1.54, 1.807) is 12.1 Å². The van der Waals surface area contributed by atoms with Crippen molar-refractivity contribution in [3.8, 4) is 11.5 Å². The van der Waals surface area contributed by atoms with Gasteiger partial charge >= 0.3 is 0 Å². The van der Waals surface area contributed by atoms with E-state index in [4.69, 9.17) is 0 Å². The first-order valence-electron chi connectivity index (χ1n) is 5.70. The summed E-state index contributed by atoms with van der Waals surface area (Å²) in [6.07, 6.45) is 4.39. The zero-order valence-electron chi connectivity index (χ0n) is 9.53. The van der Waals surface area contributed by atoms with E-state index < -0.39 is 0 Å².